The SMILES string of the molecule is CC(C)(C)C(=O)N1CCN(C(=O)Cc2ccc3c(c2)CCC3)CC1. The van der Waals surface area contributed by atoms with Crippen molar-refractivity contribution in [1.82, 2.24) is 9.80 Å². The second-order valence-electron chi connectivity index (χ2n) is 8.06. The lowest BCUT2D eigenvalue weighted by Crippen LogP contribution is -2.53. The number of piperazine rings is 1. The van der Waals surface area contributed by atoms with Crippen molar-refractivity contribution in [2.24, 2.45) is 5.41 Å². The molecule has 1 aromatic carbocycles. The zero-order chi connectivity index (χ0) is 17.3. The molecule has 1 fully saturated rings. The molecule has 0 saturated carbocycles. The molecule has 0 bridgehead atoms. The van der Waals surface area contributed by atoms with Crippen molar-refractivity contribution in [3.63, 3.8) is 0 Å². The van der Waals surface area contributed by atoms with Crippen molar-refractivity contribution in [2.45, 2.75) is 46.5 Å². The van der Waals surface area contributed by atoms with Gasteiger partial charge in [-0.1, -0.05) is 39.0 Å². The zero-order valence-corrected chi connectivity index (χ0v) is 15.1. The number of carbonyl (C=O) groups excluding carboxylic acids is 2. The normalized spacial score (nSPS) is 17.8. The predicted molar refractivity (Wildman–Crippen MR) is 94.8 cm³/mol. The maximum atomic E-state index is 12.6. The lowest BCUT2D eigenvalue weighted by atomic mass is 9.94. The van der Waals surface area contributed by atoms with E-state index in [0.29, 0.717) is 32.6 Å². The van der Waals surface area contributed by atoms with Crippen LogP contribution in [0.2, 0.25) is 0 Å². The molecule has 0 atom stereocenters. The average Bonchev–Trinajstić information content (AvgIpc) is 3.01. The quantitative estimate of drug-likeness (QED) is 0.837. The van der Waals surface area contributed by atoms with Gasteiger partial charge in [0.15, 0.2) is 0 Å². The monoisotopic (exact) mass is 328 g/mol. The van der Waals surface area contributed by atoms with E-state index in [1.165, 1.54) is 24.0 Å². The van der Waals surface area contributed by atoms with Crippen molar-refractivity contribution in [2.75, 3.05) is 26.2 Å². The van der Waals surface area contributed by atoms with Gasteiger partial charge in [0.25, 0.3) is 0 Å². The highest BCUT2D eigenvalue weighted by Crippen LogP contribution is 2.23. The van der Waals surface area contributed by atoms with Gasteiger partial charge in [0, 0.05) is 31.6 Å². The molecule has 1 aromatic rings. The van der Waals surface area contributed by atoms with Crippen LogP contribution in [0.25, 0.3) is 0 Å². The van der Waals surface area contributed by atoms with Gasteiger partial charge in [-0.05, 0) is 36.0 Å². The number of aryl methyl sites for hydroxylation is 2. The molecule has 1 aliphatic carbocycles. The largest absolute Gasteiger partial charge is 0.339 e. The van der Waals surface area contributed by atoms with E-state index in [4.69, 9.17) is 0 Å². The highest BCUT2D eigenvalue weighted by atomic mass is 16.2. The number of amides is 2. The first-order chi connectivity index (χ1) is 11.3. The molecule has 24 heavy (non-hydrogen) atoms. The Hall–Kier alpha value is -1.84. The molecule has 0 unspecified atom stereocenters. The zero-order valence-electron chi connectivity index (χ0n) is 15.1. The summed E-state index contributed by atoms with van der Waals surface area (Å²) < 4.78 is 0. The van der Waals surface area contributed by atoms with E-state index in [1.54, 1.807) is 0 Å². The molecule has 4 heteroatoms. The first-order valence-corrected chi connectivity index (χ1v) is 9.02. The van der Waals surface area contributed by atoms with E-state index in [2.05, 4.69) is 18.2 Å². The van der Waals surface area contributed by atoms with E-state index in [-0.39, 0.29) is 17.2 Å². The summed E-state index contributed by atoms with van der Waals surface area (Å²) in [5.74, 6) is 0.351. The Labute approximate surface area is 144 Å². The molecular formula is C20H28N2O2. The highest BCUT2D eigenvalue weighted by molar-refractivity contribution is 5.82. The number of rotatable bonds is 2. The third kappa shape index (κ3) is 3.63. The van der Waals surface area contributed by atoms with Gasteiger partial charge in [0.05, 0.1) is 6.42 Å². The maximum absolute atomic E-state index is 12.6. The van der Waals surface area contributed by atoms with Gasteiger partial charge < -0.3 is 9.80 Å². The van der Waals surface area contributed by atoms with Crippen molar-refractivity contribution < 1.29 is 9.59 Å². The molecule has 1 saturated heterocycles. The first kappa shape index (κ1) is 17.0. The predicted octanol–water partition coefficient (Wildman–Crippen LogP) is 2.43. The second kappa shape index (κ2) is 6.58. The molecule has 4 nitrogen and oxygen atoms in total. The van der Waals surface area contributed by atoms with E-state index in [9.17, 15) is 9.59 Å². The van der Waals surface area contributed by atoms with E-state index < -0.39 is 0 Å². The summed E-state index contributed by atoms with van der Waals surface area (Å²) in [6, 6.07) is 6.49. The number of hydrogen-bond donors (Lipinski definition) is 0. The summed E-state index contributed by atoms with van der Waals surface area (Å²) in [7, 11) is 0. The Morgan fingerprint density at radius 2 is 1.58 bits per heavy atom. The smallest absolute Gasteiger partial charge is 0.228 e. The number of benzene rings is 1. The van der Waals surface area contributed by atoms with Crippen molar-refractivity contribution >= 4 is 11.8 Å². The van der Waals surface area contributed by atoms with Crippen LogP contribution in [0.1, 0.15) is 43.9 Å². The van der Waals surface area contributed by atoms with Crippen molar-refractivity contribution in [3.8, 4) is 0 Å². The summed E-state index contributed by atoms with van der Waals surface area (Å²) in [5, 5.41) is 0. The van der Waals surface area contributed by atoms with E-state index >= 15 is 0 Å². The highest BCUT2D eigenvalue weighted by Gasteiger charge is 2.30. The Morgan fingerprint density at radius 3 is 2.25 bits per heavy atom. The van der Waals surface area contributed by atoms with E-state index in [0.717, 1.165) is 12.0 Å². The van der Waals surface area contributed by atoms with Gasteiger partial charge in [0.2, 0.25) is 11.8 Å². The molecule has 3 rings (SSSR count). The molecule has 0 spiro atoms. The Kier molecular flexibility index (Phi) is 4.66. The van der Waals surface area contributed by atoms with Crippen LogP contribution < -0.4 is 0 Å². The number of carbonyl (C=O) groups is 2. The molecule has 0 N–H and O–H groups in total. The molecule has 0 aromatic heterocycles. The van der Waals surface area contributed by atoms with Crippen LogP contribution in [0.5, 0.6) is 0 Å². The maximum Gasteiger partial charge on any atom is 0.228 e. The van der Waals surface area contributed by atoms with Crippen LogP contribution in [0, 0.1) is 5.41 Å². The molecule has 2 amide bonds. The topological polar surface area (TPSA) is 40.6 Å². The standard InChI is InChI=1S/C20H28N2O2/c1-20(2,3)19(24)22-11-9-21(10-12-22)18(23)14-15-7-8-16-5-4-6-17(16)13-15/h7-8,13H,4-6,9-12,14H2,1-3H3. The number of nitrogens with zero attached hydrogens (tertiary/aromatic N) is 2. The van der Waals surface area contributed by atoms with Crippen LogP contribution in [-0.2, 0) is 28.9 Å². The minimum Gasteiger partial charge on any atom is -0.339 e. The van der Waals surface area contributed by atoms with Gasteiger partial charge >= 0.3 is 0 Å². The van der Waals surface area contributed by atoms with Gasteiger partial charge in [-0.25, -0.2) is 0 Å². The number of fused-ring (bicyclic) bond motifs is 1. The molecule has 1 aliphatic heterocycles. The lowest BCUT2D eigenvalue weighted by Gasteiger charge is -2.37. The second-order valence-corrected chi connectivity index (χ2v) is 8.06. The van der Waals surface area contributed by atoms with Gasteiger partial charge in [-0.15, -0.1) is 0 Å². The van der Waals surface area contributed by atoms with Crippen molar-refractivity contribution in [1.29, 1.82) is 0 Å². The Bertz CT molecular complexity index is 638. The minimum atomic E-state index is -0.351. The number of hydrogen-bond acceptors (Lipinski definition) is 2. The van der Waals surface area contributed by atoms with E-state index in [1.807, 2.05) is 30.6 Å². The van der Waals surface area contributed by atoms with Gasteiger partial charge in [0.1, 0.15) is 0 Å². The minimum absolute atomic E-state index is 0.174. The third-order valence-corrected chi connectivity index (χ3v) is 5.08. The molecule has 1 heterocycles. The Balaban J connectivity index is 1.55. The van der Waals surface area contributed by atoms with Crippen molar-refractivity contribution in [3.05, 3.63) is 34.9 Å². The van der Waals surface area contributed by atoms with Crippen LogP contribution >= 0.6 is 0 Å². The molecular weight excluding hydrogens is 300 g/mol. The summed E-state index contributed by atoms with van der Waals surface area (Å²) >= 11 is 0. The molecule has 130 valence electrons. The van der Waals surface area contributed by atoms with Gasteiger partial charge in [-0.3, -0.25) is 9.59 Å². The first-order valence-electron chi connectivity index (χ1n) is 9.02. The summed E-state index contributed by atoms with van der Waals surface area (Å²) in [6.07, 6.45) is 4.02. The van der Waals surface area contributed by atoms with Crippen LogP contribution in [0.3, 0.4) is 0 Å². The summed E-state index contributed by atoms with van der Waals surface area (Å²) in [4.78, 5) is 28.7. The van der Waals surface area contributed by atoms with Crippen LogP contribution in [-0.4, -0.2) is 47.8 Å². The average molecular weight is 328 g/mol. The lowest BCUT2D eigenvalue weighted by molar-refractivity contribution is -0.144. The summed E-state index contributed by atoms with van der Waals surface area (Å²) in [6.45, 7) is 8.41. The third-order valence-electron chi connectivity index (χ3n) is 5.08. The van der Waals surface area contributed by atoms with Crippen LogP contribution in [0.15, 0.2) is 18.2 Å². The summed E-state index contributed by atoms with van der Waals surface area (Å²) in [5.41, 5.74) is 3.63. The molecule has 0 radical (unpaired) electrons. The Morgan fingerprint density at radius 1 is 0.958 bits per heavy atom. The molecule has 2 aliphatic rings. The fourth-order valence-electron chi connectivity index (χ4n) is 3.65. The fourth-order valence-corrected chi connectivity index (χ4v) is 3.65. The fraction of sp³-hybridized carbons (Fsp3) is 0.600. The van der Waals surface area contributed by atoms with Gasteiger partial charge in [-0.2, -0.15) is 0 Å². The van der Waals surface area contributed by atoms with Crippen LogP contribution in [0.4, 0.5) is 0 Å².